The van der Waals surface area contributed by atoms with E-state index < -0.39 is 23.8 Å². The number of aromatic hydroxyl groups is 2. The number of benzene rings is 2. The SMILES string of the molecule is CC(C)(CCCOc1ccc2c(c1)CCCC2=O)C(=O)OCC(=O)c1cc(O)cc(O)c1. The number of esters is 1. The summed E-state index contributed by atoms with van der Waals surface area (Å²) >= 11 is 0. The third kappa shape index (κ3) is 5.87. The lowest BCUT2D eigenvalue weighted by atomic mass is 9.88. The van der Waals surface area contributed by atoms with Crippen molar-refractivity contribution < 1.29 is 34.1 Å². The first kappa shape index (κ1) is 23.3. The van der Waals surface area contributed by atoms with Gasteiger partial charge in [-0.05, 0) is 75.4 Å². The number of ketones is 2. The summed E-state index contributed by atoms with van der Waals surface area (Å²) < 4.78 is 11.0. The molecular weight excluding hydrogens is 412 g/mol. The molecule has 0 saturated carbocycles. The van der Waals surface area contributed by atoms with Crippen LogP contribution in [0.4, 0.5) is 0 Å². The second-order valence-electron chi connectivity index (χ2n) is 8.67. The summed E-state index contributed by atoms with van der Waals surface area (Å²) in [7, 11) is 0. The summed E-state index contributed by atoms with van der Waals surface area (Å²) in [6.45, 7) is 3.41. The molecule has 0 fully saturated rings. The minimum atomic E-state index is -0.813. The predicted octanol–water partition coefficient (Wildman–Crippen LogP) is 4.23. The lowest BCUT2D eigenvalue weighted by Crippen LogP contribution is -2.29. The summed E-state index contributed by atoms with van der Waals surface area (Å²) in [5, 5.41) is 19.0. The molecule has 3 rings (SSSR count). The van der Waals surface area contributed by atoms with Gasteiger partial charge in [0.05, 0.1) is 12.0 Å². The van der Waals surface area contributed by atoms with Gasteiger partial charge in [-0.15, -0.1) is 0 Å². The van der Waals surface area contributed by atoms with E-state index in [1.807, 2.05) is 12.1 Å². The number of hydrogen-bond acceptors (Lipinski definition) is 7. The van der Waals surface area contributed by atoms with Crippen molar-refractivity contribution >= 4 is 17.5 Å². The molecule has 170 valence electrons. The maximum absolute atomic E-state index is 12.4. The van der Waals surface area contributed by atoms with Crippen LogP contribution in [0.3, 0.4) is 0 Å². The average Bonchev–Trinajstić information content (AvgIpc) is 2.74. The van der Waals surface area contributed by atoms with Crippen LogP contribution in [0, 0.1) is 5.41 Å². The molecule has 0 aromatic heterocycles. The van der Waals surface area contributed by atoms with Crippen LogP contribution in [-0.2, 0) is 16.0 Å². The van der Waals surface area contributed by atoms with Crippen LogP contribution in [0.5, 0.6) is 17.2 Å². The smallest absolute Gasteiger partial charge is 0.311 e. The Kier molecular flexibility index (Phi) is 7.18. The van der Waals surface area contributed by atoms with Crippen LogP contribution in [0.15, 0.2) is 36.4 Å². The molecule has 2 aromatic rings. The zero-order valence-corrected chi connectivity index (χ0v) is 18.3. The van der Waals surface area contributed by atoms with Crippen molar-refractivity contribution in [2.45, 2.75) is 46.0 Å². The van der Waals surface area contributed by atoms with Gasteiger partial charge in [0.15, 0.2) is 12.4 Å². The summed E-state index contributed by atoms with van der Waals surface area (Å²) in [6, 6.07) is 9.04. The Morgan fingerprint density at radius 3 is 2.47 bits per heavy atom. The van der Waals surface area contributed by atoms with Crippen LogP contribution in [0.2, 0.25) is 0 Å². The zero-order valence-electron chi connectivity index (χ0n) is 18.3. The van der Waals surface area contributed by atoms with E-state index >= 15 is 0 Å². The molecule has 32 heavy (non-hydrogen) atoms. The molecule has 7 nitrogen and oxygen atoms in total. The fraction of sp³-hybridized carbons (Fsp3) is 0.400. The van der Waals surface area contributed by atoms with Crippen LogP contribution < -0.4 is 4.74 Å². The molecule has 0 atom stereocenters. The van der Waals surface area contributed by atoms with E-state index in [-0.39, 0.29) is 22.8 Å². The largest absolute Gasteiger partial charge is 0.508 e. The van der Waals surface area contributed by atoms with Crippen molar-refractivity contribution in [2.24, 2.45) is 5.41 Å². The third-order valence-electron chi connectivity index (χ3n) is 5.55. The van der Waals surface area contributed by atoms with E-state index in [0.29, 0.717) is 31.6 Å². The molecule has 0 aliphatic heterocycles. The van der Waals surface area contributed by atoms with Gasteiger partial charge in [0.2, 0.25) is 5.78 Å². The fourth-order valence-electron chi connectivity index (χ4n) is 3.68. The number of phenols is 2. The summed E-state index contributed by atoms with van der Waals surface area (Å²) in [6.07, 6.45) is 3.43. The molecule has 2 N–H and O–H groups in total. The number of hydrogen-bond donors (Lipinski definition) is 2. The van der Waals surface area contributed by atoms with Crippen molar-refractivity contribution in [1.82, 2.24) is 0 Å². The van der Waals surface area contributed by atoms with Crippen LogP contribution in [-0.4, -0.2) is 41.0 Å². The van der Waals surface area contributed by atoms with E-state index in [9.17, 15) is 24.6 Å². The van der Waals surface area contributed by atoms with Gasteiger partial charge in [0, 0.05) is 23.6 Å². The van der Waals surface area contributed by atoms with Gasteiger partial charge in [-0.2, -0.15) is 0 Å². The lowest BCUT2D eigenvalue weighted by molar-refractivity contribution is -0.153. The molecule has 0 heterocycles. The Morgan fingerprint density at radius 2 is 1.75 bits per heavy atom. The first-order valence-corrected chi connectivity index (χ1v) is 10.7. The van der Waals surface area contributed by atoms with Gasteiger partial charge < -0.3 is 19.7 Å². The molecular formula is C25H28O7. The van der Waals surface area contributed by atoms with E-state index in [0.717, 1.165) is 30.0 Å². The number of aryl methyl sites for hydroxylation is 1. The van der Waals surface area contributed by atoms with Crippen LogP contribution >= 0.6 is 0 Å². The quantitative estimate of drug-likeness (QED) is 0.341. The van der Waals surface area contributed by atoms with Gasteiger partial charge >= 0.3 is 5.97 Å². The number of phenolic OH excluding ortho intramolecular Hbond substituents is 2. The molecule has 7 heteroatoms. The second kappa shape index (κ2) is 9.85. The second-order valence-corrected chi connectivity index (χ2v) is 8.67. The molecule has 0 radical (unpaired) electrons. The Balaban J connectivity index is 1.44. The number of ether oxygens (including phenoxy) is 2. The van der Waals surface area contributed by atoms with E-state index in [1.54, 1.807) is 19.9 Å². The minimum Gasteiger partial charge on any atom is -0.508 e. The summed E-state index contributed by atoms with van der Waals surface area (Å²) in [4.78, 5) is 36.5. The van der Waals surface area contributed by atoms with Crippen molar-refractivity contribution in [2.75, 3.05) is 13.2 Å². The molecule has 0 unspecified atom stereocenters. The van der Waals surface area contributed by atoms with Crippen LogP contribution in [0.1, 0.15) is 65.8 Å². The number of fused-ring (bicyclic) bond motifs is 1. The van der Waals surface area contributed by atoms with Gasteiger partial charge in [-0.3, -0.25) is 14.4 Å². The lowest BCUT2D eigenvalue weighted by Gasteiger charge is -2.22. The maximum atomic E-state index is 12.4. The highest BCUT2D eigenvalue weighted by Crippen LogP contribution is 2.27. The van der Waals surface area contributed by atoms with Crippen molar-refractivity contribution in [3.63, 3.8) is 0 Å². The number of Topliss-reactive ketones (excluding diaryl/α,β-unsaturated/α-hetero) is 2. The highest BCUT2D eigenvalue weighted by Gasteiger charge is 2.29. The van der Waals surface area contributed by atoms with Crippen LogP contribution in [0.25, 0.3) is 0 Å². The number of carbonyl (C=O) groups is 3. The zero-order chi connectivity index (χ0) is 23.3. The van der Waals surface area contributed by atoms with Crippen molar-refractivity contribution in [3.8, 4) is 17.2 Å². The van der Waals surface area contributed by atoms with Gasteiger partial charge in [0.1, 0.15) is 17.2 Å². The first-order chi connectivity index (χ1) is 15.2. The Hall–Kier alpha value is -3.35. The molecule has 1 aliphatic rings. The third-order valence-corrected chi connectivity index (χ3v) is 5.55. The predicted molar refractivity (Wildman–Crippen MR) is 117 cm³/mol. The summed E-state index contributed by atoms with van der Waals surface area (Å²) in [5.74, 6) is -0.635. The summed E-state index contributed by atoms with van der Waals surface area (Å²) in [5.41, 5.74) is 1.05. The monoisotopic (exact) mass is 440 g/mol. The Labute approximate surface area is 187 Å². The van der Waals surface area contributed by atoms with Gasteiger partial charge in [0.25, 0.3) is 0 Å². The van der Waals surface area contributed by atoms with Gasteiger partial charge in [-0.1, -0.05) is 0 Å². The molecule has 0 bridgehead atoms. The highest BCUT2D eigenvalue weighted by molar-refractivity contribution is 5.99. The van der Waals surface area contributed by atoms with E-state index in [4.69, 9.17) is 9.47 Å². The number of rotatable bonds is 9. The minimum absolute atomic E-state index is 0.0632. The molecule has 1 aliphatic carbocycles. The van der Waals surface area contributed by atoms with E-state index in [2.05, 4.69) is 0 Å². The molecule has 0 amide bonds. The Bertz CT molecular complexity index is 1000. The normalized spacial score (nSPS) is 13.4. The highest BCUT2D eigenvalue weighted by atomic mass is 16.5. The number of carbonyl (C=O) groups excluding carboxylic acids is 3. The first-order valence-electron chi connectivity index (χ1n) is 10.7. The molecule has 0 spiro atoms. The standard InChI is InChI=1S/C25H28O7/c1-25(2,24(30)32-15-23(29)17-11-18(26)14-19(27)12-17)9-4-10-31-20-7-8-21-16(13-20)5-3-6-22(21)28/h7-8,11-14,26-27H,3-6,9-10,15H2,1-2H3. The van der Waals surface area contributed by atoms with Crippen molar-refractivity contribution in [1.29, 1.82) is 0 Å². The van der Waals surface area contributed by atoms with Gasteiger partial charge in [-0.25, -0.2) is 0 Å². The topological polar surface area (TPSA) is 110 Å². The average molecular weight is 440 g/mol. The van der Waals surface area contributed by atoms with E-state index in [1.165, 1.54) is 12.1 Å². The fourth-order valence-corrected chi connectivity index (χ4v) is 3.68. The van der Waals surface area contributed by atoms with Crippen molar-refractivity contribution in [3.05, 3.63) is 53.1 Å². The maximum Gasteiger partial charge on any atom is 0.311 e. The Morgan fingerprint density at radius 1 is 1.03 bits per heavy atom. The molecule has 2 aromatic carbocycles. The molecule has 0 saturated heterocycles.